The van der Waals surface area contributed by atoms with E-state index in [4.69, 9.17) is 21.3 Å². The largest absolute Gasteiger partial charge is 0.381 e. The molecule has 0 amide bonds. The van der Waals surface area contributed by atoms with Crippen molar-refractivity contribution in [3.63, 3.8) is 0 Å². The van der Waals surface area contributed by atoms with E-state index in [1.54, 1.807) is 0 Å². The van der Waals surface area contributed by atoms with Gasteiger partial charge in [0.05, 0.1) is 13.1 Å². The number of rotatable bonds is 6. The standard InChI is InChI=1S/C22H31ClN4O.HI/c1-4-24-21(27(3)16-18-8-7-13-26(18)2)25-17-22(11-14-28-15-12-22)19-9-5-6-10-20(19)23;/h5-10,13H,4,11-12,14-17H2,1-3H3,(H,24,25);1H. The highest BCUT2D eigenvalue weighted by Gasteiger charge is 2.36. The van der Waals surface area contributed by atoms with Gasteiger partial charge >= 0.3 is 0 Å². The molecule has 1 saturated heterocycles. The summed E-state index contributed by atoms with van der Waals surface area (Å²) in [6.45, 7) is 5.92. The average molecular weight is 531 g/mol. The van der Waals surface area contributed by atoms with Crippen molar-refractivity contribution in [2.24, 2.45) is 12.0 Å². The molecule has 1 aliphatic rings. The van der Waals surface area contributed by atoms with Gasteiger partial charge in [-0.25, -0.2) is 0 Å². The van der Waals surface area contributed by atoms with E-state index >= 15 is 0 Å². The first-order valence-corrected chi connectivity index (χ1v) is 10.4. The van der Waals surface area contributed by atoms with E-state index in [9.17, 15) is 0 Å². The molecule has 0 unspecified atom stereocenters. The summed E-state index contributed by atoms with van der Waals surface area (Å²) in [5, 5.41) is 4.26. The van der Waals surface area contributed by atoms with E-state index in [0.717, 1.165) is 50.1 Å². The minimum atomic E-state index is -0.0803. The number of benzene rings is 1. The lowest BCUT2D eigenvalue weighted by atomic mass is 9.74. The maximum absolute atomic E-state index is 6.58. The number of nitrogens with zero attached hydrogens (tertiary/aromatic N) is 3. The van der Waals surface area contributed by atoms with Crippen LogP contribution in [0.4, 0.5) is 0 Å². The molecule has 1 aromatic heterocycles. The second kappa shape index (κ2) is 11.2. The molecule has 1 fully saturated rings. The van der Waals surface area contributed by atoms with E-state index < -0.39 is 0 Å². The summed E-state index contributed by atoms with van der Waals surface area (Å²) in [6, 6.07) is 12.4. The second-order valence-electron chi connectivity index (χ2n) is 7.51. The molecule has 29 heavy (non-hydrogen) atoms. The fraction of sp³-hybridized carbons (Fsp3) is 0.500. The van der Waals surface area contributed by atoms with Crippen LogP contribution >= 0.6 is 35.6 Å². The Balaban J connectivity index is 0.00000300. The molecule has 160 valence electrons. The minimum Gasteiger partial charge on any atom is -0.381 e. The Bertz CT molecular complexity index is 802. The zero-order valence-corrected chi connectivity index (χ0v) is 20.6. The Kier molecular flexibility index (Phi) is 9.30. The number of aromatic nitrogens is 1. The monoisotopic (exact) mass is 530 g/mol. The molecule has 7 heteroatoms. The number of nitrogens with one attached hydrogen (secondary N) is 1. The molecule has 0 saturated carbocycles. The van der Waals surface area contributed by atoms with Gasteiger partial charge in [-0.15, -0.1) is 24.0 Å². The Hall–Kier alpha value is -1.25. The first-order valence-electron chi connectivity index (χ1n) is 9.98. The quantitative estimate of drug-likeness (QED) is 0.341. The normalized spacial score (nSPS) is 16.2. The lowest BCUT2D eigenvalue weighted by Crippen LogP contribution is -2.42. The van der Waals surface area contributed by atoms with Crippen LogP contribution in [0, 0.1) is 0 Å². The number of aryl methyl sites for hydroxylation is 1. The number of hydrogen-bond donors (Lipinski definition) is 1. The van der Waals surface area contributed by atoms with Crippen LogP contribution in [-0.2, 0) is 23.7 Å². The van der Waals surface area contributed by atoms with Crippen molar-refractivity contribution in [1.82, 2.24) is 14.8 Å². The number of guanidine groups is 1. The Morgan fingerprint density at radius 1 is 1.24 bits per heavy atom. The third-order valence-electron chi connectivity index (χ3n) is 5.57. The number of ether oxygens (including phenoxy) is 1. The average Bonchev–Trinajstić information content (AvgIpc) is 3.10. The van der Waals surface area contributed by atoms with Gasteiger partial charge in [0.2, 0.25) is 0 Å². The zero-order valence-electron chi connectivity index (χ0n) is 17.5. The highest BCUT2D eigenvalue weighted by Crippen LogP contribution is 2.39. The summed E-state index contributed by atoms with van der Waals surface area (Å²) in [5.41, 5.74) is 2.35. The molecule has 5 nitrogen and oxygen atoms in total. The second-order valence-corrected chi connectivity index (χ2v) is 7.92. The summed E-state index contributed by atoms with van der Waals surface area (Å²) in [7, 11) is 4.16. The van der Waals surface area contributed by atoms with Gasteiger partial charge in [-0.2, -0.15) is 0 Å². The molecule has 0 atom stereocenters. The van der Waals surface area contributed by atoms with Gasteiger partial charge in [0, 0.05) is 56.2 Å². The van der Waals surface area contributed by atoms with Gasteiger partial charge in [-0.3, -0.25) is 4.99 Å². The minimum absolute atomic E-state index is 0. The molecule has 3 rings (SSSR count). The molecule has 2 heterocycles. The first kappa shape index (κ1) is 24.0. The molecule has 1 aliphatic heterocycles. The molecular formula is C22H32ClIN4O. The van der Waals surface area contributed by atoms with Crippen LogP contribution < -0.4 is 5.32 Å². The highest BCUT2D eigenvalue weighted by atomic mass is 127. The van der Waals surface area contributed by atoms with Crippen LogP contribution in [0.15, 0.2) is 47.6 Å². The molecule has 1 aromatic carbocycles. The molecule has 1 N–H and O–H groups in total. The first-order chi connectivity index (χ1) is 13.6. The summed E-state index contributed by atoms with van der Waals surface area (Å²) in [5.74, 6) is 0.918. The van der Waals surface area contributed by atoms with Gasteiger partial charge in [0.1, 0.15) is 0 Å². The number of hydrogen-bond acceptors (Lipinski definition) is 2. The SMILES string of the molecule is CCNC(=NCC1(c2ccccc2Cl)CCOCC1)N(C)Cc1cccn1C.I. The van der Waals surface area contributed by atoms with Crippen molar-refractivity contribution in [3.05, 3.63) is 58.9 Å². The smallest absolute Gasteiger partial charge is 0.194 e. The summed E-state index contributed by atoms with van der Waals surface area (Å²) < 4.78 is 7.79. The Morgan fingerprint density at radius 2 is 1.97 bits per heavy atom. The van der Waals surface area contributed by atoms with Gasteiger partial charge in [0.15, 0.2) is 5.96 Å². The lowest BCUT2D eigenvalue weighted by molar-refractivity contribution is 0.0530. The fourth-order valence-electron chi connectivity index (χ4n) is 3.84. The predicted molar refractivity (Wildman–Crippen MR) is 131 cm³/mol. The molecule has 0 spiro atoms. The third kappa shape index (κ3) is 5.89. The Labute approximate surface area is 196 Å². The molecule has 0 aliphatic carbocycles. The van der Waals surface area contributed by atoms with E-state index in [1.165, 1.54) is 11.3 Å². The van der Waals surface area contributed by atoms with Gasteiger partial charge in [-0.05, 0) is 43.5 Å². The summed E-state index contributed by atoms with van der Waals surface area (Å²) >= 11 is 6.58. The highest BCUT2D eigenvalue weighted by molar-refractivity contribution is 14.0. The van der Waals surface area contributed by atoms with E-state index in [-0.39, 0.29) is 29.4 Å². The zero-order chi connectivity index (χ0) is 20.0. The number of aliphatic imine (C=N–C) groups is 1. The van der Waals surface area contributed by atoms with Gasteiger partial charge in [0.25, 0.3) is 0 Å². The molecule has 0 bridgehead atoms. The van der Waals surface area contributed by atoms with Crippen molar-refractivity contribution in [2.75, 3.05) is 33.4 Å². The summed E-state index contributed by atoms with van der Waals surface area (Å²) in [4.78, 5) is 7.22. The topological polar surface area (TPSA) is 41.8 Å². The Morgan fingerprint density at radius 3 is 2.59 bits per heavy atom. The van der Waals surface area contributed by atoms with Crippen LogP contribution in [0.1, 0.15) is 31.0 Å². The van der Waals surface area contributed by atoms with Crippen LogP contribution in [-0.4, -0.2) is 48.8 Å². The number of halogens is 2. The van der Waals surface area contributed by atoms with Crippen molar-refractivity contribution < 1.29 is 4.74 Å². The summed E-state index contributed by atoms with van der Waals surface area (Å²) in [6.07, 6.45) is 3.93. The van der Waals surface area contributed by atoms with Crippen LogP contribution in [0.2, 0.25) is 5.02 Å². The fourth-order valence-corrected chi connectivity index (χ4v) is 4.18. The van der Waals surface area contributed by atoms with Crippen LogP contribution in [0.25, 0.3) is 0 Å². The van der Waals surface area contributed by atoms with Gasteiger partial charge < -0.3 is 19.5 Å². The van der Waals surface area contributed by atoms with E-state index in [2.05, 4.69) is 66.3 Å². The lowest BCUT2D eigenvalue weighted by Gasteiger charge is -2.37. The van der Waals surface area contributed by atoms with Crippen LogP contribution in [0.3, 0.4) is 0 Å². The van der Waals surface area contributed by atoms with Crippen molar-refractivity contribution >= 4 is 41.5 Å². The van der Waals surface area contributed by atoms with Gasteiger partial charge in [-0.1, -0.05) is 29.8 Å². The molecule has 2 aromatic rings. The van der Waals surface area contributed by atoms with Crippen molar-refractivity contribution in [3.8, 4) is 0 Å². The van der Waals surface area contributed by atoms with Crippen LogP contribution in [0.5, 0.6) is 0 Å². The maximum Gasteiger partial charge on any atom is 0.194 e. The molecular weight excluding hydrogens is 499 g/mol. The van der Waals surface area contributed by atoms with E-state index in [1.807, 2.05) is 12.1 Å². The van der Waals surface area contributed by atoms with E-state index in [0.29, 0.717) is 6.54 Å². The van der Waals surface area contributed by atoms with Crippen molar-refractivity contribution in [2.45, 2.75) is 31.7 Å². The maximum atomic E-state index is 6.58. The third-order valence-corrected chi connectivity index (χ3v) is 5.90. The molecule has 0 radical (unpaired) electrons. The predicted octanol–water partition coefficient (Wildman–Crippen LogP) is 4.44. The van der Waals surface area contributed by atoms with Crippen molar-refractivity contribution in [1.29, 1.82) is 0 Å².